The van der Waals surface area contributed by atoms with E-state index in [9.17, 15) is 9.90 Å². The molecule has 134 valence electrons. The minimum atomic E-state index is -0.627. The molecule has 1 aromatic heterocycles. The number of benzene rings is 1. The summed E-state index contributed by atoms with van der Waals surface area (Å²) in [7, 11) is 0. The van der Waals surface area contributed by atoms with E-state index in [0.29, 0.717) is 17.6 Å². The van der Waals surface area contributed by atoms with Gasteiger partial charge in [-0.2, -0.15) is 0 Å². The molecule has 2 heterocycles. The standard InChI is InChI=1S/C18H22N2O5/c1-12-4-3-5-14-16(21)15(18(22)25-17(12)14)13(2)19-24-11-8-20-6-9-23-10-7-20/h3-5,21H,6-11H2,1-2H3. The van der Waals surface area contributed by atoms with Gasteiger partial charge in [0.15, 0.2) is 0 Å². The van der Waals surface area contributed by atoms with Crippen molar-refractivity contribution in [1.29, 1.82) is 0 Å². The van der Waals surface area contributed by atoms with Crippen LogP contribution < -0.4 is 5.63 Å². The minimum Gasteiger partial charge on any atom is -0.506 e. The zero-order chi connectivity index (χ0) is 17.8. The molecule has 7 nitrogen and oxygen atoms in total. The van der Waals surface area contributed by atoms with Crippen molar-refractivity contribution in [3.63, 3.8) is 0 Å². The largest absolute Gasteiger partial charge is 0.506 e. The first-order valence-corrected chi connectivity index (χ1v) is 8.30. The van der Waals surface area contributed by atoms with Crippen molar-refractivity contribution in [2.24, 2.45) is 5.16 Å². The molecular formula is C18H22N2O5. The molecule has 0 atom stereocenters. The Morgan fingerprint density at radius 2 is 2.12 bits per heavy atom. The van der Waals surface area contributed by atoms with Gasteiger partial charge in [-0.15, -0.1) is 0 Å². The van der Waals surface area contributed by atoms with E-state index >= 15 is 0 Å². The van der Waals surface area contributed by atoms with Gasteiger partial charge in [0.2, 0.25) is 0 Å². The molecule has 1 saturated heterocycles. The molecule has 7 heteroatoms. The minimum absolute atomic E-state index is 0.0319. The number of oxime groups is 1. The summed E-state index contributed by atoms with van der Waals surface area (Å²) in [4.78, 5) is 19.8. The lowest BCUT2D eigenvalue weighted by Crippen LogP contribution is -2.38. The number of hydrogen-bond acceptors (Lipinski definition) is 7. The Hall–Kier alpha value is -2.38. The highest BCUT2D eigenvalue weighted by Gasteiger charge is 2.18. The van der Waals surface area contributed by atoms with Crippen LogP contribution in [0.5, 0.6) is 5.75 Å². The predicted octanol–water partition coefficient (Wildman–Crippen LogP) is 1.88. The van der Waals surface area contributed by atoms with Gasteiger partial charge < -0.3 is 19.1 Å². The van der Waals surface area contributed by atoms with Gasteiger partial charge in [0.05, 0.1) is 24.3 Å². The van der Waals surface area contributed by atoms with Crippen LogP contribution in [0.2, 0.25) is 0 Å². The maximum absolute atomic E-state index is 12.2. The maximum atomic E-state index is 12.2. The van der Waals surface area contributed by atoms with E-state index in [0.717, 1.165) is 38.4 Å². The van der Waals surface area contributed by atoms with Crippen LogP contribution in [0.15, 0.2) is 32.6 Å². The SMILES string of the molecule is CC(=NOCCN1CCOCC1)c1c(O)c2cccc(C)c2oc1=O. The average Bonchev–Trinajstić information content (AvgIpc) is 2.61. The number of ether oxygens (including phenoxy) is 1. The lowest BCUT2D eigenvalue weighted by atomic mass is 10.1. The Kier molecular flexibility index (Phi) is 5.35. The molecule has 2 aromatic rings. The van der Waals surface area contributed by atoms with E-state index < -0.39 is 5.63 Å². The van der Waals surface area contributed by atoms with Crippen LogP contribution in [0, 0.1) is 6.92 Å². The zero-order valence-electron chi connectivity index (χ0n) is 14.4. The molecule has 0 saturated carbocycles. The Bertz CT molecular complexity index is 837. The van der Waals surface area contributed by atoms with E-state index in [4.69, 9.17) is 14.0 Å². The maximum Gasteiger partial charge on any atom is 0.349 e. The van der Waals surface area contributed by atoms with E-state index in [1.54, 1.807) is 19.1 Å². The quantitative estimate of drug-likeness (QED) is 0.385. The summed E-state index contributed by atoms with van der Waals surface area (Å²) in [6, 6.07) is 5.32. The number of hydrogen-bond donors (Lipinski definition) is 1. The lowest BCUT2D eigenvalue weighted by molar-refractivity contribution is 0.0212. The second-order valence-electron chi connectivity index (χ2n) is 6.03. The molecule has 1 fully saturated rings. The molecule has 25 heavy (non-hydrogen) atoms. The fourth-order valence-corrected chi connectivity index (χ4v) is 2.85. The summed E-state index contributed by atoms with van der Waals surface area (Å²) in [5.41, 5.74) is 0.862. The molecular weight excluding hydrogens is 324 g/mol. The first-order valence-electron chi connectivity index (χ1n) is 8.30. The molecule has 0 aliphatic carbocycles. The molecule has 0 spiro atoms. The van der Waals surface area contributed by atoms with Crippen molar-refractivity contribution in [3.8, 4) is 5.75 Å². The number of aromatic hydroxyl groups is 1. The summed E-state index contributed by atoms with van der Waals surface area (Å²) in [6.07, 6.45) is 0. The first-order chi connectivity index (χ1) is 12.1. The number of fused-ring (bicyclic) bond motifs is 1. The van der Waals surface area contributed by atoms with E-state index in [1.807, 2.05) is 13.0 Å². The molecule has 1 N–H and O–H groups in total. The number of rotatable bonds is 5. The fourth-order valence-electron chi connectivity index (χ4n) is 2.85. The van der Waals surface area contributed by atoms with Crippen molar-refractivity contribution >= 4 is 16.7 Å². The highest BCUT2D eigenvalue weighted by molar-refractivity contribution is 6.04. The molecule has 3 rings (SSSR count). The van der Waals surface area contributed by atoms with Crippen molar-refractivity contribution in [1.82, 2.24) is 4.90 Å². The Morgan fingerprint density at radius 1 is 1.36 bits per heavy atom. The summed E-state index contributed by atoms with van der Waals surface area (Å²) >= 11 is 0. The smallest absolute Gasteiger partial charge is 0.349 e. The third-order valence-electron chi connectivity index (χ3n) is 4.27. The number of aryl methyl sites for hydroxylation is 1. The second kappa shape index (κ2) is 7.67. The van der Waals surface area contributed by atoms with Crippen molar-refractivity contribution in [2.75, 3.05) is 39.5 Å². The van der Waals surface area contributed by atoms with E-state index in [1.165, 1.54) is 0 Å². The Morgan fingerprint density at radius 3 is 2.88 bits per heavy atom. The van der Waals surface area contributed by atoms with Crippen LogP contribution in [0.1, 0.15) is 18.1 Å². The molecule has 1 aliphatic heterocycles. The van der Waals surface area contributed by atoms with E-state index in [2.05, 4.69) is 10.1 Å². The summed E-state index contributed by atoms with van der Waals surface area (Å²) < 4.78 is 10.6. The molecule has 0 bridgehead atoms. The van der Waals surface area contributed by atoms with Gasteiger partial charge in [0.1, 0.15) is 23.5 Å². The summed E-state index contributed by atoms with van der Waals surface area (Å²) in [6.45, 7) is 7.78. The van der Waals surface area contributed by atoms with Crippen LogP contribution in [0.3, 0.4) is 0 Å². The second-order valence-corrected chi connectivity index (χ2v) is 6.03. The van der Waals surface area contributed by atoms with Crippen LogP contribution in [0.25, 0.3) is 11.0 Å². The number of para-hydroxylation sites is 1. The van der Waals surface area contributed by atoms with Crippen molar-refractivity contribution in [3.05, 3.63) is 39.7 Å². The summed E-state index contributed by atoms with van der Waals surface area (Å²) in [5.74, 6) is -0.132. The van der Waals surface area contributed by atoms with Crippen LogP contribution >= 0.6 is 0 Å². The summed E-state index contributed by atoms with van der Waals surface area (Å²) in [5, 5.41) is 14.9. The Labute approximate surface area is 145 Å². The van der Waals surface area contributed by atoms with Crippen molar-refractivity contribution in [2.45, 2.75) is 13.8 Å². The van der Waals surface area contributed by atoms with Gasteiger partial charge in [0, 0.05) is 19.6 Å². The van der Waals surface area contributed by atoms with Crippen LogP contribution in [0.4, 0.5) is 0 Å². The van der Waals surface area contributed by atoms with Gasteiger partial charge in [-0.05, 0) is 25.5 Å². The van der Waals surface area contributed by atoms with Crippen LogP contribution in [-0.2, 0) is 9.57 Å². The average molecular weight is 346 g/mol. The van der Waals surface area contributed by atoms with E-state index in [-0.39, 0.29) is 17.0 Å². The Balaban J connectivity index is 1.75. The third kappa shape index (κ3) is 3.83. The molecule has 1 aliphatic rings. The molecule has 0 amide bonds. The molecule has 1 aromatic carbocycles. The highest BCUT2D eigenvalue weighted by Crippen LogP contribution is 2.28. The topological polar surface area (TPSA) is 84.5 Å². The van der Waals surface area contributed by atoms with Gasteiger partial charge in [0.25, 0.3) is 0 Å². The lowest BCUT2D eigenvalue weighted by Gasteiger charge is -2.25. The van der Waals surface area contributed by atoms with Crippen molar-refractivity contribution < 1.29 is 19.1 Å². The highest BCUT2D eigenvalue weighted by atomic mass is 16.6. The van der Waals surface area contributed by atoms with Gasteiger partial charge in [-0.1, -0.05) is 17.3 Å². The number of nitrogens with zero attached hydrogens (tertiary/aromatic N) is 2. The third-order valence-corrected chi connectivity index (χ3v) is 4.27. The number of morpholine rings is 1. The zero-order valence-corrected chi connectivity index (χ0v) is 14.4. The molecule has 0 radical (unpaired) electrons. The first kappa shape index (κ1) is 17.4. The predicted molar refractivity (Wildman–Crippen MR) is 94.3 cm³/mol. The van der Waals surface area contributed by atoms with Crippen LogP contribution in [-0.4, -0.2) is 55.2 Å². The van der Waals surface area contributed by atoms with Gasteiger partial charge >= 0.3 is 5.63 Å². The monoisotopic (exact) mass is 346 g/mol. The van der Waals surface area contributed by atoms with Gasteiger partial charge in [-0.3, -0.25) is 4.90 Å². The molecule has 0 unspecified atom stereocenters. The van der Waals surface area contributed by atoms with Gasteiger partial charge in [-0.25, -0.2) is 4.79 Å². The fraction of sp³-hybridized carbons (Fsp3) is 0.444. The normalized spacial score (nSPS) is 16.3.